The van der Waals surface area contributed by atoms with Crippen LogP contribution in [-0.4, -0.2) is 5.54 Å². The van der Waals surface area contributed by atoms with Crippen LogP contribution in [0.25, 0.3) is 0 Å². The molecule has 21 heavy (non-hydrogen) atoms. The van der Waals surface area contributed by atoms with Gasteiger partial charge in [0.1, 0.15) is 5.82 Å². The van der Waals surface area contributed by atoms with E-state index in [1.165, 1.54) is 16.5 Å². The average molecular weight is 303 g/mol. The summed E-state index contributed by atoms with van der Waals surface area (Å²) in [6.45, 7) is 7.31. The van der Waals surface area contributed by atoms with Crippen LogP contribution in [0.3, 0.4) is 0 Å². The maximum absolute atomic E-state index is 13.6. The van der Waals surface area contributed by atoms with Crippen molar-refractivity contribution in [3.8, 4) is 0 Å². The lowest BCUT2D eigenvalue weighted by molar-refractivity contribution is 0.424. The Hall–Kier alpha value is -1.32. The van der Waals surface area contributed by atoms with Crippen molar-refractivity contribution in [1.82, 2.24) is 5.32 Å². The van der Waals surface area contributed by atoms with Crippen LogP contribution in [0.5, 0.6) is 0 Å². The largest absolute Gasteiger partial charge is 0.308 e. The van der Waals surface area contributed by atoms with Crippen LogP contribution in [0, 0.1) is 5.82 Å². The van der Waals surface area contributed by atoms with Crippen molar-refractivity contribution in [2.45, 2.75) is 43.5 Å². The topological polar surface area (TPSA) is 12.0 Å². The predicted octanol–water partition coefficient (Wildman–Crippen LogP) is 5.01. The van der Waals surface area contributed by atoms with Gasteiger partial charge < -0.3 is 5.32 Å². The first-order valence-electron chi connectivity index (χ1n) is 7.14. The van der Waals surface area contributed by atoms with E-state index in [4.69, 9.17) is 0 Å². The Morgan fingerprint density at radius 1 is 1.05 bits per heavy atom. The van der Waals surface area contributed by atoms with E-state index in [0.717, 1.165) is 12.1 Å². The number of rotatable bonds is 5. The summed E-state index contributed by atoms with van der Waals surface area (Å²) in [5.74, 6) is 0.526. The minimum absolute atomic E-state index is 0.107. The van der Waals surface area contributed by atoms with Gasteiger partial charge in [-0.05, 0) is 50.1 Å². The van der Waals surface area contributed by atoms with Gasteiger partial charge in [0, 0.05) is 22.7 Å². The Morgan fingerprint density at radius 3 is 2.52 bits per heavy atom. The molecular formula is C18H22FNS. The molecule has 0 amide bonds. The smallest absolute Gasteiger partial charge is 0.127 e. The predicted molar refractivity (Wildman–Crippen MR) is 89.0 cm³/mol. The number of hydrogen-bond acceptors (Lipinski definition) is 2. The van der Waals surface area contributed by atoms with E-state index in [-0.39, 0.29) is 11.4 Å². The van der Waals surface area contributed by atoms with Gasteiger partial charge in [-0.25, -0.2) is 4.39 Å². The van der Waals surface area contributed by atoms with Gasteiger partial charge in [0.15, 0.2) is 0 Å². The second-order valence-electron chi connectivity index (χ2n) is 6.13. The fourth-order valence-corrected chi connectivity index (χ4v) is 2.85. The zero-order chi connectivity index (χ0) is 15.3. The van der Waals surface area contributed by atoms with E-state index in [0.29, 0.717) is 5.75 Å². The summed E-state index contributed by atoms with van der Waals surface area (Å²) in [6.07, 6.45) is 0. The van der Waals surface area contributed by atoms with E-state index in [9.17, 15) is 4.39 Å². The van der Waals surface area contributed by atoms with Gasteiger partial charge in [-0.15, -0.1) is 11.8 Å². The third kappa shape index (κ3) is 5.52. The highest BCUT2D eigenvalue weighted by Gasteiger charge is 2.08. The van der Waals surface area contributed by atoms with Crippen LogP contribution in [0.2, 0.25) is 0 Å². The van der Waals surface area contributed by atoms with Gasteiger partial charge in [0.25, 0.3) is 0 Å². The SMILES string of the molecule is CC(C)(C)NCc1cccc(SCc2ccccc2F)c1. The molecular weight excluding hydrogens is 281 g/mol. The van der Waals surface area contributed by atoms with Crippen molar-refractivity contribution in [2.24, 2.45) is 0 Å². The van der Waals surface area contributed by atoms with Gasteiger partial charge >= 0.3 is 0 Å². The highest BCUT2D eigenvalue weighted by molar-refractivity contribution is 7.98. The van der Waals surface area contributed by atoms with Crippen molar-refractivity contribution < 1.29 is 4.39 Å². The van der Waals surface area contributed by atoms with E-state index < -0.39 is 0 Å². The van der Waals surface area contributed by atoms with E-state index >= 15 is 0 Å². The quantitative estimate of drug-likeness (QED) is 0.780. The molecule has 0 saturated carbocycles. The molecule has 1 nitrogen and oxygen atoms in total. The van der Waals surface area contributed by atoms with Crippen LogP contribution in [-0.2, 0) is 12.3 Å². The number of nitrogens with one attached hydrogen (secondary N) is 1. The van der Waals surface area contributed by atoms with Gasteiger partial charge in [-0.1, -0.05) is 30.3 Å². The highest BCUT2D eigenvalue weighted by atomic mass is 32.2. The number of thioether (sulfide) groups is 1. The van der Waals surface area contributed by atoms with Gasteiger partial charge in [-0.2, -0.15) is 0 Å². The molecule has 0 heterocycles. The minimum atomic E-state index is -0.129. The molecule has 2 aromatic rings. The molecule has 0 atom stereocenters. The van der Waals surface area contributed by atoms with Gasteiger partial charge in [0.05, 0.1) is 0 Å². The third-order valence-corrected chi connectivity index (χ3v) is 4.12. The maximum Gasteiger partial charge on any atom is 0.127 e. The van der Waals surface area contributed by atoms with Crippen molar-refractivity contribution in [3.05, 3.63) is 65.5 Å². The fourth-order valence-electron chi connectivity index (χ4n) is 1.89. The van der Waals surface area contributed by atoms with Crippen molar-refractivity contribution in [2.75, 3.05) is 0 Å². The summed E-state index contributed by atoms with van der Waals surface area (Å²) in [5, 5.41) is 3.48. The first kappa shape index (κ1) is 16.1. The Balaban J connectivity index is 1.96. The second-order valence-corrected chi connectivity index (χ2v) is 7.18. The monoisotopic (exact) mass is 303 g/mol. The Bertz CT molecular complexity index is 590. The Morgan fingerprint density at radius 2 is 1.81 bits per heavy atom. The molecule has 1 N–H and O–H groups in total. The van der Waals surface area contributed by atoms with Gasteiger partial charge in [-0.3, -0.25) is 0 Å². The van der Waals surface area contributed by atoms with Crippen LogP contribution >= 0.6 is 11.8 Å². The van der Waals surface area contributed by atoms with E-state index in [1.54, 1.807) is 17.8 Å². The second kappa shape index (κ2) is 7.10. The lowest BCUT2D eigenvalue weighted by Crippen LogP contribution is -2.35. The normalized spacial score (nSPS) is 11.6. The van der Waals surface area contributed by atoms with Crippen LogP contribution in [0.4, 0.5) is 4.39 Å². The zero-order valence-corrected chi connectivity index (χ0v) is 13.6. The molecule has 0 saturated heterocycles. The first-order chi connectivity index (χ1) is 9.94. The third-order valence-electron chi connectivity index (χ3n) is 3.07. The summed E-state index contributed by atoms with van der Waals surface area (Å²) in [4.78, 5) is 1.17. The van der Waals surface area contributed by atoms with E-state index in [1.807, 2.05) is 12.1 Å². The summed E-state index contributed by atoms with van der Waals surface area (Å²) < 4.78 is 13.6. The van der Waals surface area contributed by atoms with Crippen molar-refractivity contribution >= 4 is 11.8 Å². The van der Waals surface area contributed by atoms with Crippen molar-refractivity contribution in [1.29, 1.82) is 0 Å². The maximum atomic E-state index is 13.6. The average Bonchev–Trinajstić information content (AvgIpc) is 2.44. The molecule has 0 aliphatic carbocycles. The summed E-state index contributed by atoms with van der Waals surface area (Å²) >= 11 is 1.67. The molecule has 0 bridgehead atoms. The molecule has 0 aliphatic rings. The fraction of sp³-hybridized carbons (Fsp3) is 0.333. The van der Waals surface area contributed by atoms with Gasteiger partial charge in [0.2, 0.25) is 0 Å². The zero-order valence-electron chi connectivity index (χ0n) is 12.8. The molecule has 0 aromatic heterocycles. The summed E-state index contributed by atoms with van der Waals surface area (Å²) in [7, 11) is 0. The highest BCUT2D eigenvalue weighted by Crippen LogP contribution is 2.24. The Labute approximate surface area is 131 Å². The molecule has 0 fully saturated rings. The molecule has 0 aliphatic heterocycles. The number of halogens is 1. The summed E-state index contributed by atoms with van der Waals surface area (Å²) in [6, 6.07) is 15.4. The van der Waals surface area contributed by atoms with Crippen LogP contribution < -0.4 is 5.32 Å². The molecule has 0 radical (unpaired) electrons. The van der Waals surface area contributed by atoms with E-state index in [2.05, 4.69) is 50.4 Å². The minimum Gasteiger partial charge on any atom is -0.308 e. The lowest BCUT2D eigenvalue weighted by Gasteiger charge is -2.20. The van der Waals surface area contributed by atoms with Crippen LogP contribution in [0.1, 0.15) is 31.9 Å². The molecule has 2 rings (SSSR count). The standard InChI is InChI=1S/C18H22FNS/c1-18(2,3)20-12-14-7-6-9-16(11-14)21-13-15-8-4-5-10-17(15)19/h4-11,20H,12-13H2,1-3H3. The van der Waals surface area contributed by atoms with Crippen molar-refractivity contribution in [3.63, 3.8) is 0 Å². The molecule has 2 aromatic carbocycles. The first-order valence-corrected chi connectivity index (χ1v) is 8.13. The number of hydrogen-bond donors (Lipinski definition) is 1. The number of benzene rings is 2. The molecule has 0 spiro atoms. The van der Waals surface area contributed by atoms with Crippen LogP contribution in [0.15, 0.2) is 53.4 Å². The summed E-state index contributed by atoms with van der Waals surface area (Å²) in [5.41, 5.74) is 2.11. The lowest BCUT2D eigenvalue weighted by atomic mass is 10.1. The molecule has 3 heteroatoms. The molecule has 0 unspecified atom stereocenters. The Kier molecular flexibility index (Phi) is 5.43. The molecule has 112 valence electrons.